The van der Waals surface area contributed by atoms with E-state index in [1.165, 1.54) is 30.5 Å². The monoisotopic (exact) mass is 390 g/mol. The number of hydrogen-bond acceptors (Lipinski definition) is 5. The lowest BCUT2D eigenvalue weighted by Crippen LogP contribution is -2.14. The minimum absolute atomic E-state index is 0.102. The van der Waals surface area contributed by atoms with Crippen molar-refractivity contribution in [2.24, 2.45) is 0 Å². The van der Waals surface area contributed by atoms with Gasteiger partial charge in [-0.3, -0.25) is 9.71 Å². The molecule has 0 radical (unpaired) electrons. The lowest BCUT2D eigenvalue weighted by Gasteiger charge is -2.14. The summed E-state index contributed by atoms with van der Waals surface area (Å²) in [5, 5.41) is 0.616. The summed E-state index contributed by atoms with van der Waals surface area (Å²) in [5.41, 5.74) is 9.12. The fourth-order valence-corrected chi connectivity index (χ4v) is 3.82. The molecule has 0 fully saturated rings. The van der Waals surface area contributed by atoms with Crippen molar-refractivity contribution in [3.63, 3.8) is 0 Å². The first-order valence-corrected chi connectivity index (χ1v) is 9.89. The van der Waals surface area contributed by atoms with Crippen LogP contribution in [0.3, 0.4) is 0 Å². The van der Waals surface area contributed by atoms with Crippen molar-refractivity contribution in [3.05, 3.63) is 52.7 Å². The third-order valence-electron chi connectivity index (χ3n) is 4.09. The predicted octanol–water partition coefficient (Wildman–Crippen LogP) is 4.10. The number of nitrogen functional groups attached to an aromatic ring is 1. The van der Waals surface area contributed by atoms with Crippen LogP contribution in [0.4, 0.5) is 11.5 Å². The van der Waals surface area contributed by atoms with Gasteiger partial charge in [-0.2, -0.15) is 0 Å². The standard InChI is InChI=1S/C18H19ClN4O2S/c1-10(2)14-8-15(19)11(3)17-18(14)22-16(9-21-17)23-26(24,25)13-6-4-12(20)5-7-13/h4-10H,20H2,1-3H3,(H,22,23). The van der Waals surface area contributed by atoms with Crippen LogP contribution in [0, 0.1) is 6.92 Å². The van der Waals surface area contributed by atoms with E-state index in [0.29, 0.717) is 21.7 Å². The van der Waals surface area contributed by atoms with E-state index >= 15 is 0 Å². The van der Waals surface area contributed by atoms with Gasteiger partial charge in [0.25, 0.3) is 10.0 Å². The van der Waals surface area contributed by atoms with Crippen molar-refractivity contribution in [3.8, 4) is 0 Å². The predicted molar refractivity (Wildman–Crippen MR) is 105 cm³/mol. The van der Waals surface area contributed by atoms with Gasteiger partial charge in [0.15, 0.2) is 5.82 Å². The minimum atomic E-state index is -3.78. The second-order valence-electron chi connectivity index (χ2n) is 6.35. The van der Waals surface area contributed by atoms with Gasteiger partial charge in [0.05, 0.1) is 22.1 Å². The number of halogens is 1. The van der Waals surface area contributed by atoms with Gasteiger partial charge in [0, 0.05) is 10.7 Å². The van der Waals surface area contributed by atoms with Crippen LogP contribution in [-0.2, 0) is 10.0 Å². The lowest BCUT2D eigenvalue weighted by atomic mass is 9.99. The minimum Gasteiger partial charge on any atom is -0.399 e. The summed E-state index contributed by atoms with van der Waals surface area (Å²) in [6.45, 7) is 5.91. The maximum absolute atomic E-state index is 12.5. The Morgan fingerprint density at radius 2 is 1.81 bits per heavy atom. The highest BCUT2D eigenvalue weighted by Crippen LogP contribution is 2.31. The van der Waals surface area contributed by atoms with E-state index in [0.717, 1.165) is 11.1 Å². The molecule has 0 bridgehead atoms. The Hall–Kier alpha value is -2.38. The fourth-order valence-electron chi connectivity index (χ4n) is 2.62. The molecule has 0 amide bonds. The van der Waals surface area contributed by atoms with E-state index < -0.39 is 10.0 Å². The molecule has 1 aromatic heterocycles. The Balaban J connectivity index is 2.08. The van der Waals surface area contributed by atoms with E-state index in [2.05, 4.69) is 14.7 Å². The molecule has 0 aliphatic heterocycles. The Morgan fingerprint density at radius 1 is 1.15 bits per heavy atom. The molecule has 26 heavy (non-hydrogen) atoms. The second kappa shape index (κ2) is 6.74. The molecule has 0 saturated heterocycles. The van der Waals surface area contributed by atoms with Crippen molar-refractivity contribution in [1.82, 2.24) is 9.97 Å². The molecule has 2 aromatic carbocycles. The van der Waals surface area contributed by atoms with Crippen LogP contribution in [0.1, 0.15) is 30.9 Å². The Labute approximate surface area is 157 Å². The molecule has 8 heteroatoms. The molecule has 0 aliphatic rings. The Kier molecular flexibility index (Phi) is 4.77. The normalized spacial score (nSPS) is 11.9. The number of fused-ring (bicyclic) bond motifs is 1. The molecular weight excluding hydrogens is 372 g/mol. The van der Waals surface area contributed by atoms with Crippen LogP contribution in [0.2, 0.25) is 5.02 Å². The molecule has 136 valence electrons. The number of aryl methyl sites for hydroxylation is 1. The van der Waals surface area contributed by atoms with Crippen LogP contribution in [0.5, 0.6) is 0 Å². The maximum Gasteiger partial charge on any atom is 0.263 e. The van der Waals surface area contributed by atoms with Crippen molar-refractivity contribution in [2.75, 3.05) is 10.5 Å². The smallest absolute Gasteiger partial charge is 0.263 e. The summed E-state index contributed by atoms with van der Waals surface area (Å²) in [7, 11) is -3.78. The van der Waals surface area contributed by atoms with Gasteiger partial charge in [0.1, 0.15) is 0 Å². The third kappa shape index (κ3) is 3.45. The van der Waals surface area contributed by atoms with Crippen molar-refractivity contribution >= 4 is 44.2 Å². The summed E-state index contributed by atoms with van der Waals surface area (Å²) < 4.78 is 27.6. The summed E-state index contributed by atoms with van der Waals surface area (Å²) in [4.78, 5) is 8.97. The van der Waals surface area contributed by atoms with Crippen molar-refractivity contribution < 1.29 is 8.42 Å². The van der Waals surface area contributed by atoms with E-state index in [4.69, 9.17) is 17.3 Å². The van der Waals surface area contributed by atoms with Gasteiger partial charge in [-0.1, -0.05) is 25.4 Å². The zero-order valence-electron chi connectivity index (χ0n) is 14.6. The number of nitrogens with one attached hydrogen (secondary N) is 1. The number of aromatic nitrogens is 2. The summed E-state index contributed by atoms with van der Waals surface area (Å²) in [6.07, 6.45) is 1.39. The van der Waals surface area contributed by atoms with E-state index in [1.54, 1.807) is 0 Å². The van der Waals surface area contributed by atoms with Gasteiger partial charge in [0.2, 0.25) is 0 Å². The Bertz CT molecular complexity index is 1080. The van der Waals surface area contributed by atoms with E-state index in [-0.39, 0.29) is 16.6 Å². The maximum atomic E-state index is 12.5. The first-order chi connectivity index (χ1) is 12.2. The number of nitrogens with zero attached hydrogens (tertiary/aromatic N) is 2. The van der Waals surface area contributed by atoms with Gasteiger partial charge >= 0.3 is 0 Å². The number of hydrogen-bond donors (Lipinski definition) is 2. The Morgan fingerprint density at radius 3 is 2.42 bits per heavy atom. The van der Waals surface area contributed by atoms with Gasteiger partial charge < -0.3 is 5.73 Å². The van der Waals surface area contributed by atoms with E-state index in [9.17, 15) is 8.42 Å². The number of benzene rings is 2. The van der Waals surface area contributed by atoms with Crippen LogP contribution >= 0.6 is 11.6 Å². The lowest BCUT2D eigenvalue weighted by molar-refractivity contribution is 0.601. The zero-order valence-corrected chi connectivity index (χ0v) is 16.2. The van der Waals surface area contributed by atoms with Gasteiger partial charge in [-0.15, -0.1) is 0 Å². The van der Waals surface area contributed by atoms with Crippen molar-refractivity contribution in [1.29, 1.82) is 0 Å². The molecule has 3 N–H and O–H groups in total. The quantitative estimate of drug-likeness (QED) is 0.653. The molecule has 0 unspecified atom stereocenters. The third-order valence-corrected chi connectivity index (χ3v) is 5.86. The molecule has 1 heterocycles. The summed E-state index contributed by atoms with van der Waals surface area (Å²) in [6, 6.07) is 7.80. The highest BCUT2D eigenvalue weighted by Gasteiger charge is 2.18. The fraction of sp³-hybridized carbons (Fsp3) is 0.222. The zero-order chi connectivity index (χ0) is 19.1. The summed E-state index contributed by atoms with van der Waals surface area (Å²) in [5.74, 6) is 0.312. The SMILES string of the molecule is Cc1c(Cl)cc(C(C)C)c2nc(NS(=O)(=O)c3ccc(N)cc3)cnc12. The molecule has 0 spiro atoms. The average molecular weight is 391 g/mol. The van der Waals surface area contributed by atoms with Crippen molar-refractivity contribution in [2.45, 2.75) is 31.6 Å². The molecule has 3 aromatic rings. The highest BCUT2D eigenvalue weighted by molar-refractivity contribution is 7.92. The topological polar surface area (TPSA) is 98.0 Å². The molecule has 0 aliphatic carbocycles. The number of anilines is 2. The van der Waals surface area contributed by atoms with Crippen LogP contribution in [-0.4, -0.2) is 18.4 Å². The molecule has 3 rings (SSSR count). The average Bonchev–Trinajstić information content (AvgIpc) is 2.58. The molecular formula is C18H19ClN4O2S. The van der Waals surface area contributed by atoms with Gasteiger partial charge in [-0.25, -0.2) is 13.4 Å². The first-order valence-electron chi connectivity index (χ1n) is 8.03. The molecule has 0 saturated carbocycles. The van der Waals surface area contributed by atoms with Crippen LogP contribution in [0.25, 0.3) is 11.0 Å². The van der Waals surface area contributed by atoms with Gasteiger partial charge in [-0.05, 0) is 54.3 Å². The van der Waals surface area contributed by atoms with Crippen LogP contribution < -0.4 is 10.5 Å². The molecule has 6 nitrogen and oxygen atoms in total. The summed E-state index contributed by atoms with van der Waals surface area (Å²) >= 11 is 6.29. The number of sulfonamides is 1. The number of nitrogens with two attached hydrogens (primary N) is 1. The first kappa shape index (κ1) is 18.4. The highest BCUT2D eigenvalue weighted by atomic mass is 35.5. The van der Waals surface area contributed by atoms with Crippen LogP contribution in [0.15, 0.2) is 41.4 Å². The second-order valence-corrected chi connectivity index (χ2v) is 8.44. The van der Waals surface area contributed by atoms with E-state index in [1.807, 2.05) is 26.8 Å². The number of rotatable bonds is 4. The molecule has 0 atom stereocenters. The largest absolute Gasteiger partial charge is 0.399 e.